The molecular weight excluding hydrogens is 364 g/mol. The van der Waals surface area contributed by atoms with E-state index in [0.29, 0.717) is 0 Å². The van der Waals surface area contributed by atoms with E-state index in [1.165, 1.54) is 0 Å². The van der Waals surface area contributed by atoms with Crippen molar-refractivity contribution in [2.75, 3.05) is 0 Å². The van der Waals surface area contributed by atoms with Crippen LogP contribution in [-0.4, -0.2) is 56.5 Å². The predicted molar refractivity (Wildman–Crippen MR) is 46.5 cm³/mol. The molecule has 0 rings (SSSR count). The number of carbonyl (C=O) groups excluding carboxylic acids is 2. The van der Waals surface area contributed by atoms with Crippen molar-refractivity contribution < 1.29 is 72.2 Å². The van der Waals surface area contributed by atoms with Crippen LogP contribution in [0.5, 0.6) is 0 Å². The Hall–Kier alpha value is -1.46. The normalized spacial score (nSPS) is 11.9. The zero-order chi connectivity index (χ0) is 14.9. The fourth-order valence-corrected chi connectivity index (χ4v) is 0.494. The van der Waals surface area contributed by atoms with Crippen molar-refractivity contribution in [1.29, 1.82) is 0 Å². The van der Waals surface area contributed by atoms with Crippen LogP contribution in [0.15, 0.2) is 0 Å². The number of rotatable bonds is 6. The molecule has 0 aliphatic carbocycles. The number of hydrogen-bond donors (Lipinski definition) is 4. The SMILES string of the molecule is O=C(O)CC(O)C(=O)O.O=C([O-])CC(O)C(=O)[O-].[Ag+2]. The van der Waals surface area contributed by atoms with Crippen molar-refractivity contribution in [3.8, 4) is 0 Å². The number of aliphatic hydroxyl groups excluding tert-OH is 2. The minimum atomic E-state index is -1.96. The summed E-state index contributed by atoms with van der Waals surface area (Å²) in [7, 11) is 0. The van der Waals surface area contributed by atoms with Gasteiger partial charge in [0.05, 0.1) is 18.5 Å². The average Bonchev–Trinajstić information content (AvgIpc) is 2.16. The summed E-state index contributed by atoms with van der Waals surface area (Å²) >= 11 is 0. The van der Waals surface area contributed by atoms with Gasteiger partial charge in [-0.2, -0.15) is 0 Å². The van der Waals surface area contributed by atoms with Gasteiger partial charge in [0.2, 0.25) is 0 Å². The zero-order valence-electron chi connectivity index (χ0n) is 9.11. The van der Waals surface area contributed by atoms with E-state index < -0.39 is 48.9 Å². The molecule has 2 atom stereocenters. The number of carboxylic acid groups (broad SMARTS) is 4. The van der Waals surface area contributed by atoms with E-state index in [4.69, 9.17) is 20.4 Å². The summed E-state index contributed by atoms with van der Waals surface area (Å²) in [6.07, 6.45) is -5.44. The van der Waals surface area contributed by atoms with Crippen LogP contribution in [-0.2, 0) is 41.6 Å². The van der Waals surface area contributed by atoms with E-state index in [1.807, 2.05) is 0 Å². The Kier molecular flexibility index (Phi) is 13.9. The van der Waals surface area contributed by atoms with Gasteiger partial charge in [-0.15, -0.1) is 0 Å². The second-order valence-electron chi connectivity index (χ2n) is 2.86. The fraction of sp³-hybridized carbons (Fsp3) is 0.500. The Morgan fingerprint density at radius 2 is 1.32 bits per heavy atom. The first kappa shape index (κ1) is 22.7. The van der Waals surface area contributed by atoms with Gasteiger partial charge < -0.3 is 40.2 Å². The van der Waals surface area contributed by atoms with Gasteiger partial charge >= 0.3 is 34.3 Å². The summed E-state index contributed by atoms with van der Waals surface area (Å²) in [6.45, 7) is 0. The van der Waals surface area contributed by atoms with E-state index in [-0.39, 0.29) is 22.4 Å². The molecule has 0 heterocycles. The van der Waals surface area contributed by atoms with Crippen LogP contribution in [0, 0.1) is 0 Å². The molecule has 0 aromatic carbocycles. The van der Waals surface area contributed by atoms with Crippen molar-refractivity contribution >= 4 is 23.9 Å². The summed E-state index contributed by atoms with van der Waals surface area (Å²) in [6, 6.07) is 0. The summed E-state index contributed by atoms with van der Waals surface area (Å²) in [5, 5.41) is 51.5. The molecule has 0 saturated carbocycles. The summed E-state index contributed by atoms with van der Waals surface area (Å²) in [5.41, 5.74) is 0. The van der Waals surface area contributed by atoms with E-state index >= 15 is 0 Å². The second-order valence-corrected chi connectivity index (χ2v) is 2.86. The number of aliphatic hydroxyl groups is 2. The van der Waals surface area contributed by atoms with Crippen molar-refractivity contribution in [2.24, 2.45) is 0 Å². The van der Waals surface area contributed by atoms with E-state index in [1.54, 1.807) is 0 Å². The molecule has 0 amide bonds. The number of carbonyl (C=O) groups is 4. The van der Waals surface area contributed by atoms with Gasteiger partial charge in [-0.05, 0) is 0 Å². The molecule has 0 bridgehead atoms. The van der Waals surface area contributed by atoms with Gasteiger partial charge in [0, 0.05) is 12.4 Å². The molecule has 0 fully saturated rings. The van der Waals surface area contributed by atoms with Crippen LogP contribution in [0.2, 0.25) is 0 Å². The third-order valence-corrected chi connectivity index (χ3v) is 1.29. The van der Waals surface area contributed by atoms with Crippen LogP contribution in [0.25, 0.3) is 0 Å². The first-order valence-corrected chi connectivity index (χ1v) is 4.29. The molecule has 0 aromatic heterocycles. The number of aliphatic carboxylic acids is 4. The van der Waals surface area contributed by atoms with Crippen LogP contribution in [0.1, 0.15) is 12.8 Å². The van der Waals surface area contributed by atoms with Crippen molar-refractivity contribution in [1.82, 2.24) is 0 Å². The number of hydrogen-bond acceptors (Lipinski definition) is 8. The average molecular weight is 374 g/mol. The van der Waals surface area contributed by atoms with Gasteiger partial charge in [0.1, 0.15) is 0 Å². The van der Waals surface area contributed by atoms with Crippen LogP contribution < -0.4 is 10.2 Å². The predicted octanol–water partition coefficient (Wildman–Crippen LogP) is -4.86. The summed E-state index contributed by atoms with van der Waals surface area (Å²) in [4.78, 5) is 38.5. The Morgan fingerprint density at radius 3 is 1.42 bits per heavy atom. The van der Waals surface area contributed by atoms with E-state index in [9.17, 15) is 29.4 Å². The molecule has 1 radical (unpaired) electrons. The van der Waals surface area contributed by atoms with Crippen LogP contribution >= 0.6 is 0 Å². The Bertz CT molecular complexity index is 295. The van der Waals surface area contributed by atoms with Crippen LogP contribution in [0.3, 0.4) is 0 Å². The van der Waals surface area contributed by atoms with E-state index in [2.05, 4.69) is 0 Å². The maximum Gasteiger partial charge on any atom is 2.00 e. The minimum absolute atomic E-state index is 0. The molecule has 11 heteroatoms. The van der Waals surface area contributed by atoms with Gasteiger partial charge in [-0.3, -0.25) is 4.79 Å². The molecular formula is C8H10AgO10. The smallest absolute Gasteiger partial charge is 0.550 e. The Labute approximate surface area is 121 Å². The molecule has 0 spiro atoms. The van der Waals surface area contributed by atoms with Crippen molar-refractivity contribution in [2.45, 2.75) is 25.0 Å². The topological polar surface area (TPSA) is 195 Å². The van der Waals surface area contributed by atoms with Gasteiger partial charge in [0.15, 0.2) is 6.10 Å². The molecule has 10 nitrogen and oxygen atoms in total. The standard InChI is InChI=1S/2C4H6O5.Ag/c2*5-2(4(8)9)1-3(6)7;/h2*2,5H,1H2,(H,6,7)(H,8,9);/q;;+2/p-2. The first-order chi connectivity index (χ1) is 8.07. The third kappa shape index (κ3) is 16.5. The summed E-state index contributed by atoms with van der Waals surface area (Å²) < 4.78 is 0. The fourth-order valence-electron chi connectivity index (χ4n) is 0.494. The summed E-state index contributed by atoms with van der Waals surface area (Å²) in [5.74, 6) is -6.27. The van der Waals surface area contributed by atoms with Crippen LogP contribution in [0.4, 0.5) is 0 Å². The molecule has 0 aliphatic heterocycles. The molecule has 0 saturated heterocycles. The Balaban J connectivity index is -0.000000256. The molecule has 19 heavy (non-hydrogen) atoms. The molecule has 4 N–H and O–H groups in total. The monoisotopic (exact) mass is 373 g/mol. The maximum absolute atomic E-state index is 9.72. The molecule has 0 aromatic rings. The Morgan fingerprint density at radius 1 is 0.895 bits per heavy atom. The first-order valence-electron chi connectivity index (χ1n) is 4.29. The molecule has 113 valence electrons. The van der Waals surface area contributed by atoms with Gasteiger partial charge in [0.25, 0.3) is 0 Å². The largest absolute Gasteiger partial charge is 2.00 e. The second kappa shape index (κ2) is 11.6. The van der Waals surface area contributed by atoms with Gasteiger partial charge in [-0.1, -0.05) is 0 Å². The zero-order valence-corrected chi connectivity index (χ0v) is 10.6. The molecule has 2 unspecified atom stereocenters. The quantitative estimate of drug-likeness (QED) is 0.327. The van der Waals surface area contributed by atoms with E-state index in [0.717, 1.165) is 0 Å². The molecule has 0 aliphatic rings. The maximum atomic E-state index is 9.72. The third-order valence-electron chi connectivity index (χ3n) is 1.29. The van der Waals surface area contributed by atoms with Crippen molar-refractivity contribution in [3.05, 3.63) is 0 Å². The number of carboxylic acids is 4. The van der Waals surface area contributed by atoms with Crippen molar-refractivity contribution in [3.63, 3.8) is 0 Å². The minimum Gasteiger partial charge on any atom is -0.550 e. The van der Waals surface area contributed by atoms with Gasteiger partial charge in [-0.25, -0.2) is 4.79 Å².